The number of nitrogens with one attached hydrogen (secondary N) is 2. The van der Waals surface area contributed by atoms with Crippen molar-refractivity contribution in [1.82, 2.24) is 15.6 Å². The first-order valence-electron chi connectivity index (χ1n) is 17.6. The molecule has 50 heavy (non-hydrogen) atoms. The number of amides is 1. The van der Waals surface area contributed by atoms with E-state index in [2.05, 4.69) is 29.4 Å². The van der Waals surface area contributed by atoms with Crippen molar-refractivity contribution in [2.24, 2.45) is 11.8 Å². The minimum Gasteiger partial charge on any atom is -0.491 e. The second kappa shape index (κ2) is 16.3. The number of carboxylic acid groups (broad SMARTS) is 1. The number of para-hydroxylation sites is 1. The summed E-state index contributed by atoms with van der Waals surface area (Å²) in [5.41, 5.74) is 3.58. The Bertz CT molecular complexity index is 1740. The van der Waals surface area contributed by atoms with Crippen molar-refractivity contribution in [2.75, 3.05) is 20.3 Å². The number of aliphatic carboxylic acids is 1. The molecule has 1 amide bonds. The summed E-state index contributed by atoms with van der Waals surface area (Å²) in [5.74, 6) is 6.24. The number of carbonyl (C=O) groups excluding carboxylic acids is 2. The van der Waals surface area contributed by atoms with E-state index in [9.17, 15) is 19.5 Å². The number of unbranched alkanes of at least 4 members (excludes halogenated alkanes) is 2. The van der Waals surface area contributed by atoms with Gasteiger partial charge in [0.25, 0.3) is 0 Å². The number of benzene rings is 2. The maximum Gasteiger partial charge on any atom is 0.408 e. The highest BCUT2D eigenvalue weighted by atomic mass is 16.6. The summed E-state index contributed by atoms with van der Waals surface area (Å²) in [4.78, 5) is 41.6. The molecule has 0 radical (unpaired) electrons. The van der Waals surface area contributed by atoms with Gasteiger partial charge in [-0.2, -0.15) is 0 Å². The van der Waals surface area contributed by atoms with Crippen LogP contribution in [0.15, 0.2) is 48.5 Å². The van der Waals surface area contributed by atoms with Crippen LogP contribution in [0.5, 0.6) is 11.6 Å². The Balaban J connectivity index is 1.05. The van der Waals surface area contributed by atoms with Crippen molar-refractivity contribution in [3.05, 3.63) is 65.2 Å². The zero-order chi connectivity index (χ0) is 35.0. The van der Waals surface area contributed by atoms with Crippen molar-refractivity contribution in [1.29, 1.82) is 0 Å². The Hall–Kier alpha value is -4.82. The van der Waals surface area contributed by atoms with Crippen molar-refractivity contribution in [3.63, 3.8) is 0 Å². The molecule has 2 heterocycles. The first-order chi connectivity index (χ1) is 24.3. The third kappa shape index (κ3) is 8.48. The summed E-state index contributed by atoms with van der Waals surface area (Å²) >= 11 is 0. The van der Waals surface area contributed by atoms with Crippen molar-refractivity contribution < 1.29 is 38.4 Å². The summed E-state index contributed by atoms with van der Waals surface area (Å²) in [6, 6.07) is 14.2. The predicted molar refractivity (Wildman–Crippen MR) is 186 cm³/mol. The van der Waals surface area contributed by atoms with Crippen LogP contribution in [0.2, 0.25) is 0 Å². The predicted octanol–water partition coefficient (Wildman–Crippen LogP) is 5.20. The summed E-state index contributed by atoms with van der Waals surface area (Å²) in [6.07, 6.45) is 5.34. The third-order valence-electron chi connectivity index (χ3n) is 9.71. The molecule has 0 spiro atoms. The molecule has 2 aromatic carbocycles. The molecule has 0 unspecified atom stereocenters. The van der Waals surface area contributed by atoms with Gasteiger partial charge in [-0.1, -0.05) is 61.6 Å². The van der Waals surface area contributed by atoms with Crippen LogP contribution in [-0.4, -0.2) is 72.7 Å². The average Bonchev–Trinajstić information content (AvgIpc) is 3.46. The van der Waals surface area contributed by atoms with E-state index in [4.69, 9.17) is 23.9 Å². The zero-order valence-corrected chi connectivity index (χ0v) is 28.6. The number of fused-ring (bicyclic) bond motifs is 2. The molecule has 0 bridgehead atoms. The Labute approximate surface area is 292 Å². The summed E-state index contributed by atoms with van der Waals surface area (Å²) in [5, 5.41) is 16.5. The Kier molecular flexibility index (Phi) is 11.4. The normalized spacial score (nSPS) is 21.4. The van der Waals surface area contributed by atoms with E-state index in [0.29, 0.717) is 56.0 Å². The van der Waals surface area contributed by atoms with Gasteiger partial charge in [-0.3, -0.25) is 4.79 Å². The molecule has 1 aromatic heterocycles. The van der Waals surface area contributed by atoms with Gasteiger partial charge in [0.15, 0.2) is 0 Å². The van der Waals surface area contributed by atoms with Crippen LogP contribution in [-0.2, 0) is 31.9 Å². The smallest absolute Gasteiger partial charge is 0.408 e. The highest BCUT2D eigenvalue weighted by Crippen LogP contribution is 2.39. The standard InChI is InChI=1S/C39H45N3O8/c1-3-4-18-48-35-29-15-10-11-17-31(29)41-36(49-28-22-32(40-23-28)38(45)47-2)30(35)16-7-5-6-14-26-21-33(26)50-39(46)42-34(37(43)44)27-19-24-12-8-9-13-25(24)20-27/h8-13,15,17,26-28,32-34,40H,3-6,14,18-23H2,1-2H3,(H,42,46)(H,43,44)/t26-,28-,32+,33-,34+/m1/s1. The minimum absolute atomic E-state index is 0.209. The van der Waals surface area contributed by atoms with Gasteiger partial charge in [0.05, 0.1) is 19.2 Å². The number of aromatic nitrogens is 1. The van der Waals surface area contributed by atoms with E-state index in [1.807, 2.05) is 48.5 Å². The number of carboxylic acids is 1. The van der Waals surface area contributed by atoms with E-state index in [0.717, 1.165) is 54.1 Å². The highest BCUT2D eigenvalue weighted by Gasteiger charge is 2.41. The quantitative estimate of drug-likeness (QED) is 0.118. The lowest BCUT2D eigenvalue weighted by Gasteiger charge is -2.20. The fourth-order valence-corrected chi connectivity index (χ4v) is 6.88. The first kappa shape index (κ1) is 35.0. The number of hydrogen-bond donors (Lipinski definition) is 3. The summed E-state index contributed by atoms with van der Waals surface area (Å²) in [6.45, 7) is 3.12. The number of methoxy groups -OCH3 is 1. The highest BCUT2D eigenvalue weighted by molar-refractivity contribution is 5.89. The number of pyridine rings is 1. The molecule has 2 aliphatic carbocycles. The molecule has 6 rings (SSSR count). The van der Waals surface area contributed by atoms with Gasteiger partial charge in [0, 0.05) is 24.8 Å². The largest absolute Gasteiger partial charge is 0.491 e. The summed E-state index contributed by atoms with van der Waals surface area (Å²) in [7, 11) is 1.37. The van der Waals surface area contributed by atoms with Gasteiger partial charge in [0.2, 0.25) is 5.88 Å². The van der Waals surface area contributed by atoms with Crippen molar-refractivity contribution >= 4 is 28.9 Å². The molecule has 1 saturated carbocycles. The molecule has 264 valence electrons. The number of carbonyl (C=O) groups is 3. The minimum atomic E-state index is -1.05. The number of hydrogen-bond acceptors (Lipinski definition) is 9. The Morgan fingerprint density at radius 3 is 2.56 bits per heavy atom. The molecule has 3 N–H and O–H groups in total. The van der Waals surface area contributed by atoms with Crippen molar-refractivity contribution in [3.8, 4) is 23.5 Å². The fourth-order valence-electron chi connectivity index (χ4n) is 6.88. The van der Waals surface area contributed by atoms with Gasteiger partial charge in [-0.05, 0) is 73.6 Å². The van der Waals surface area contributed by atoms with E-state index in [-0.39, 0.29) is 30.0 Å². The monoisotopic (exact) mass is 683 g/mol. The first-order valence-corrected chi connectivity index (χ1v) is 17.6. The molecule has 11 heteroatoms. The van der Waals surface area contributed by atoms with Crippen LogP contribution < -0.4 is 20.1 Å². The molecular formula is C39H45N3O8. The van der Waals surface area contributed by atoms with Crippen LogP contribution in [0, 0.1) is 23.7 Å². The topological polar surface area (TPSA) is 145 Å². The lowest BCUT2D eigenvalue weighted by molar-refractivity contribution is -0.143. The second-order valence-electron chi connectivity index (χ2n) is 13.3. The van der Waals surface area contributed by atoms with E-state index >= 15 is 0 Å². The van der Waals surface area contributed by atoms with Crippen LogP contribution in [0.1, 0.15) is 68.6 Å². The number of rotatable bonds is 14. The maximum atomic E-state index is 12.7. The number of ether oxygens (including phenoxy) is 4. The van der Waals surface area contributed by atoms with Gasteiger partial charge in [0.1, 0.15) is 35.6 Å². The lowest BCUT2D eigenvalue weighted by Crippen LogP contribution is -2.46. The SMILES string of the molecule is CCCCOc1c(C#CCCC[C@@H]2C[C@H]2OC(=O)N[C@H](C(=O)O)C2Cc3ccccc3C2)c(O[C@H]2CN[C@H](C(=O)OC)C2)nc2ccccc12. The lowest BCUT2D eigenvalue weighted by atomic mass is 9.97. The van der Waals surface area contributed by atoms with Gasteiger partial charge in [-0.15, -0.1) is 0 Å². The van der Waals surface area contributed by atoms with Crippen LogP contribution in [0.3, 0.4) is 0 Å². The van der Waals surface area contributed by atoms with E-state index < -0.39 is 24.1 Å². The van der Waals surface area contributed by atoms with E-state index in [1.165, 1.54) is 7.11 Å². The molecule has 2 fully saturated rings. The molecule has 3 aliphatic rings. The molecule has 1 saturated heterocycles. The molecule has 5 atom stereocenters. The molecule has 11 nitrogen and oxygen atoms in total. The molecule has 3 aromatic rings. The van der Waals surface area contributed by atoms with Crippen LogP contribution in [0.4, 0.5) is 4.79 Å². The molecular weight excluding hydrogens is 638 g/mol. The van der Waals surface area contributed by atoms with Gasteiger partial charge < -0.3 is 34.7 Å². The van der Waals surface area contributed by atoms with Gasteiger partial charge >= 0.3 is 18.0 Å². The molecule has 1 aliphatic heterocycles. The average molecular weight is 684 g/mol. The van der Waals surface area contributed by atoms with Crippen molar-refractivity contribution in [2.45, 2.75) is 89.0 Å². The maximum absolute atomic E-state index is 12.7. The third-order valence-corrected chi connectivity index (χ3v) is 9.71. The van der Waals surface area contributed by atoms with Gasteiger partial charge in [-0.25, -0.2) is 14.6 Å². The number of alkyl carbamates (subject to hydrolysis) is 1. The number of nitrogens with zero attached hydrogens (tertiary/aromatic N) is 1. The van der Waals surface area contributed by atoms with Crippen LogP contribution in [0.25, 0.3) is 10.9 Å². The second-order valence-corrected chi connectivity index (χ2v) is 13.3. The fraction of sp³-hybridized carbons (Fsp3) is 0.487. The van der Waals surface area contributed by atoms with Crippen LogP contribution >= 0.6 is 0 Å². The Morgan fingerprint density at radius 1 is 1.06 bits per heavy atom. The number of esters is 1. The Morgan fingerprint density at radius 2 is 1.82 bits per heavy atom. The van der Waals surface area contributed by atoms with E-state index in [1.54, 1.807) is 0 Å². The zero-order valence-electron chi connectivity index (χ0n) is 28.6. The summed E-state index contributed by atoms with van der Waals surface area (Å²) < 4.78 is 23.2.